The predicted octanol–water partition coefficient (Wildman–Crippen LogP) is 3.79. The Kier molecular flexibility index (Phi) is 8.32. The fourth-order valence-corrected chi connectivity index (χ4v) is 3.54. The third kappa shape index (κ3) is 5.73. The highest BCUT2D eigenvalue weighted by atomic mass is 32.1. The molecule has 0 atom stereocenters. The highest BCUT2D eigenvalue weighted by Crippen LogP contribution is 2.33. The Morgan fingerprint density at radius 2 is 2.14 bits per heavy atom. The molecule has 0 aliphatic rings. The van der Waals surface area contributed by atoms with Crippen LogP contribution < -0.4 is 14.8 Å². The van der Waals surface area contributed by atoms with E-state index in [0.29, 0.717) is 25.3 Å². The smallest absolute Gasteiger partial charge is 0.194 e. The molecule has 2 rings (SSSR count). The van der Waals surface area contributed by atoms with E-state index in [4.69, 9.17) is 14.5 Å². The summed E-state index contributed by atoms with van der Waals surface area (Å²) < 4.78 is 11.0. The van der Waals surface area contributed by atoms with Crippen LogP contribution in [0.25, 0.3) is 0 Å². The normalized spacial score (nSPS) is 11.2. The number of nitrogens with zero attached hydrogens (tertiary/aromatic N) is 3. The average Bonchev–Trinajstić information content (AvgIpc) is 3.09. The third-order valence-electron chi connectivity index (χ3n) is 4.15. The zero-order valence-electron chi connectivity index (χ0n) is 17.4. The Balaban J connectivity index is 2.23. The fourth-order valence-electron chi connectivity index (χ4n) is 2.94. The summed E-state index contributed by atoms with van der Waals surface area (Å²) in [7, 11) is 5.32. The van der Waals surface area contributed by atoms with E-state index in [9.17, 15) is 0 Å². The van der Waals surface area contributed by atoms with Gasteiger partial charge in [-0.1, -0.05) is 6.08 Å². The number of rotatable bonds is 9. The zero-order valence-corrected chi connectivity index (χ0v) is 18.2. The van der Waals surface area contributed by atoms with Gasteiger partial charge in [-0.25, -0.2) is 9.98 Å². The summed E-state index contributed by atoms with van der Waals surface area (Å²) >= 11 is 1.66. The van der Waals surface area contributed by atoms with E-state index in [1.807, 2.05) is 26.1 Å². The maximum atomic E-state index is 5.51. The molecule has 0 fully saturated rings. The summed E-state index contributed by atoms with van der Waals surface area (Å²) in [6.45, 7) is 9.96. The van der Waals surface area contributed by atoms with Crippen molar-refractivity contribution >= 4 is 17.3 Å². The predicted molar refractivity (Wildman–Crippen MR) is 117 cm³/mol. The van der Waals surface area contributed by atoms with Gasteiger partial charge in [-0.2, -0.15) is 0 Å². The molecule has 0 unspecified atom stereocenters. The molecule has 1 heterocycles. The first kappa shape index (κ1) is 21.8. The van der Waals surface area contributed by atoms with Crippen molar-refractivity contribution in [2.45, 2.75) is 33.4 Å². The summed E-state index contributed by atoms with van der Waals surface area (Å²) in [6.07, 6.45) is 2.57. The number of hydrogen-bond donors (Lipinski definition) is 1. The van der Waals surface area contributed by atoms with Crippen LogP contribution in [0.2, 0.25) is 0 Å². The van der Waals surface area contributed by atoms with Gasteiger partial charge >= 0.3 is 0 Å². The van der Waals surface area contributed by atoms with Crippen LogP contribution in [0.4, 0.5) is 0 Å². The molecule has 152 valence electrons. The molecule has 6 nitrogen and oxygen atoms in total. The largest absolute Gasteiger partial charge is 0.493 e. The molecule has 7 heteroatoms. The minimum Gasteiger partial charge on any atom is -0.493 e. The molecule has 2 aromatic rings. The van der Waals surface area contributed by atoms with Gasteiger partial charge in [0.25, 0.3) is 0 Å². The standard InChI is InChI=1S/C21H30N4O2S/c1-7-9-17-10-16(11-19(26-5)20(17)27-6)12-23-21(22-8-2)25(4)13-18-14-28-15(3)24-18/h7,10-11,14H,1,8-9,12-13H2,2-6H3,(H,22,23). The van der Waals surface area contributed by atoms with Crippen LogP contribution in [0, 0.1) is 6.92 Å². The number of ether oxygens (including phenoxy) is 2. The van der Waals surface area contributed by atoms with Gasteiger partial charge < -0.3 is 19.7 Å². The van der Waals surface area contributed by atoms with E-state index in [0.717, 1.165) is 40.1 Å². The molecule has 0 spiro atoms. The SMILES string of the molecule is C=CCc1cc(CN=C(NCC)N(C)Cc2csc(C)n2)cc(OC)c1OC. The third-order valence-corrected chi connectivity index (χ3v) is 4.98. The van der Waals surface area contributed by atoms with Crippen LogP contribution >= 0.6 is 11.3 Å². The van der Waals surface area contributed by atoms with Crippen LogP contribution in [0.15, 0.2) is 35.2 Å². The van der Waals surface area contributed by atoms with E-state index < -0.39 is 0 Å². The molecule has 0 aliphatic heterocycles. The molecule has 0 bridgehead atoms. The van der Waals surface area contributed by atoms with Gasteiger partial charge in [0, 0.05) is 24.5 Å². The van der Waals surface area contributed by atoms with Crippen molar-refractivity contribution in [1.29, 1.82) is 0 Å². The van der Waals surface area contributed by atoms with Gasteiger partial charge in [-0.15, -0.1) is 17.9 Å². The van der Waals surface area contributed by atoms with E-state index in [-0.39, 0.29) is 0 Å². The quantitative estimate of drug-likeness (QED) is 0.393. The Hall–Kier alpha value is -2.54. The first-order chi connectivity index (χ1) is 13.5. The van der Waals surface area contributed by atoms with Crippen LogP contribution in [0.3, 0.4) is 0 Å². The number of aryl methyl sites for hydroxylation is 1. The molecule has 28 heavy (non-hydrogen) atoms. The summed E-state index contributed by atoms with van der Waals surface area (Å²) in [5.41, 5.74) is 3.15. The van der Waals surface area contributed by atoms with Crippen molar-refractivity contribution < 1.29 is 9.47 Å². The lowest BCUT2D eigenvalue weighted by atomic mass is 10.1. The lowest BCUT2D eigenvalue weighted by molar-refractivity contribution is 0.352. The molecule has 0 saturated carbocycles. The van der Waals surface area contributed by atoms with Crippen LogP contribution in [-0.2, 0) is 19.5 Å². The lowest BCUT2D eigenvalue weighted by Gasteiger charge is -2.21. The molecular formula is C21H30N4O2S. The number of benzene rings is 1. The number of nitrogens with one attached hydrogen (secondary N) is 1. The number of thiazole rings is 1. The van der Waals surface area contributed by atoms with Crippen molar-refractivity contribution in [2.24, 2.45) is 4.99 Å². The van der Waals surface area contributed by atoms with E-state index in [1.165, 1.54) is 0 Å². The highest BCUT2D eigenvalue weighted by molar-refractivity contribution is 7.09. The monoisotopic (exact) mass is 402 g/mol. The summed E-state index contributed by atoms with van der Waals surface area (Å²) in [4.78, 5) is 11.4. The molecule has 1 N–H and O–H groups in total. The maximum Gasteiger partial charge on any atom is 0.194 e. The molecule has 1 aromatic heterocycles. The summed E-state index contributed by atoms with van der Waals surface area (Å²) in [5.74, 6) is 2.30. The zero-order chi connectivity index (χ0) is 20.5. The van der Waals surface area contributed by atoms with Crippen LogP contribution in [0.5, 0.6) is 11.5 Å². The molecule has 0 amide bonds. The second-order valence-electron chi connectivity index (χ2n) is 6.37. The van der Waals surface area contributed by atoms with Gasteiger partial charge in [-0.05, 0) is 38.0 Å². The van der Waals surface area contributed by atoms with Crippen LogP contribution in [-0.4, -0.2) is 43.7 Å². The van der Waals surface area contributed by atoms with Crippen molar-refractivity contribution in [1.82, 2.24) is 15.2 Å². The van der Waals surface area contributed by atoms with Gasteiger partial charge in [0.15, 0.2) is 17.5 Å². The number of guanidine groups is 1. The summed E-state index contributed by atoms with van der Waals surface area (Å²) in [6, 6.07) is 4.07. The highest BCUT2D eigenvalue weighted by Gasteiger charge is 2.13. The van der Waals surface area contributed by atoms with Crippen molar-refractivity contribution in [3.8, 4) is 11.5 Å². The number of aliphatic imine (C=N–C) groups is 1. The van der Waals surface area contributed by atoms with Crippen LogP contribution in [0.1, 0.15) is 28.8 Å². The van der Waals surface area contributed by atoms with Gasteiger partial charge in [0.2, 0.25) is 0 Å². The second kappa shape index (κ2) is 10.7. The number of hydrogen-bond acceptors (Lipinski definition) is 5. The molecule has 0 aliphatic carbocycles. The van der Waals surface area contributed by atoms with Gasteiger partial charge in [-0.3, -0.25) is 0 Å². The molecule has 0 radical (unpaired) electrons. The van der Waals surface area contributed by atoms with Gasteiger partial charge in [0.05, 0.1) is 38.0 Å². The fraction of sp³-hybridized carbons (Fsp3) is 0.429. The molecule has 1 aromatic carbocycles. The second-order valence-corrected chi connectivity index (χ2v) is 7.43. The van der Waals surface area contributed by atoms with Crippen molar-refractivity contribution in [2.75, 3.05) is 27.8 Å². The molecular weight excluding hydrogens is 372 g/mol. The van der Waals surface area contributed by atoms with E-state index >= 15 is 0 Å². The van der Waals surface area contributed by atoms with E-state index in [1.54, 1.807) is 25.6 Å². The first-order valence-corrected chi connectivity index (χ1v) is 10.1. The Bertz CT molecular complexity index is 817. The van der Waals surface area contributed by atoms with Gasteiger partial charge in [0.1, 0.15) is 0 Å². The minimum absolute atomic E-state index is 0.535. The van der Waals surface area contributed by atoms with Crippen molar-refractivity contribution in [3.05, 3.63) is 52.0 Å². The number of methoxy groups -OCH3 is 2. The maximum absolute atomic E-state index is 5.51. The summed E-state index contributed by atoms with van der Waals surface area (Å²) in [5, 5.41) is 6.51. The molecule has 0 saturated heterocycles. The number of aromatic nitrogens is 1. The first-order valence-electron chi connectivity index (χ1n) is 9.27. The lowest BCUT2D eigenvalue weighted by Crippen LogP contribution is -2.38. The number of allylic oxidation sites excluding steroid dienone is 1. The topological polar surface area (TPSA) is 59.0 Å². The average molecular weight is 403 g/mol. The Morgan fingerprint density at radius 1 is 1.36 bits per heavy atom. The van der Waals surface area contributed by atoms with Crippen molar-refractivity contribution in [3.63, 3.8) is 0 Å². The van der Waals surface area contributed by atoms with E-state index in [2.05, 4.69) is 40.1 Å². The Labute approximate surface area is 171 Å². The Morgan fingerprint density at radius 3 is 2.71 bits per heavy atom. The minimum atomic E-state index is 0.535.